The highest BCUT2D eigenvalue weighted by atomic mass is 32.1. The predicted octanol–water partition coefficient (Wildman–Crippen LogP) is 2.94. The molecule has 1 aromatic heterocycles. The van der Waals surface area contributed by atoms with Crippen molar-refractivity contribution in [2.24, 2.45) is 0 Å². The molecular weight excluding hydrogens is 370 g/mol. The molecule has 2 fully saturated rings. The van der Waals surface area contributed by atoms with Crippen molar-refractivity contribution in [1.82, 2.24) is 9.80 Å². The molecule has 4 rings (SSSR count). The molecule has 27 heavy (non-hydrogen) atoms. The lowest BCUT2D eigenvalue weighted by Crippen LogP contribution is -2.46. The van der Waals surface area contributed by atoms with E-state index in [9.17, 15) is 13.9 Å². The fourth-order valence-corrected chi connectivity index (χ4v) is 4.88. The SMILES string of the molecule is N#C[C@@H]1CC(F)(F)CN1C(O)CN1CC[C@H](Nc2cccc3sccc23)C1. The maximum atomic E-state index is 13.6. The maximum Gasteiger partial charge on any atom is 0.263 e. The number of likely N-dealkylation sites (tertiary alicyclic amines) is 2. The summed E-state index contributed by atoms with van der Waals surface area (Å²) in [6.45, 7) is 1.24. The summed E-state index contributed by atoms with van der Waals surface area (Å²) >= 11 is 1.71. The molecule has 3 heterocycles. The van der Waals surface area contributed by atoms with E-state index in [4.69, 9.17) is 5.26 Å². The average molecular weight is 392 g/mol. The van der Waals surface area contributed by atoms with E-state index in [-0.39, 0.29) is 12.6 Å². The summed E-state index contributed by atoms with van der Waals surface area (Å²) in [5.41, 5.74) is 1.10. The first-order valence-corrected chi connectivity index (χ1v) is 9.99. The van der Waals surface area contributed by atoms with Gasteiger partial charge in [-0.05, 0) is 30.0 Å². The van der Waals surface area contributed by atoms with Gasteiger partial charge in [0.1, 0.15) is 12.3 Å². The third-order valence-corrected chi connectivity index (χ3v) is 6.27. The Kier molecular flexibility index (Phi) is 5.03. The fourth-order valence-electron chi connectivity index (χ4n) is 4.07. The van der Waals surface area contributed by atoms with Gasteiger partial charge in [-0.25, -0.2) is 8.78 Å². The molecule has 0 bridgehead atoms. The smallest absolute Gasteiger partial charge is 0.263 e. The molecule has 0 spiro atoms. The van der Waals surface area contributed by atoms with Crippen LogP contribution in [0.25, 0.3) is 10.1 Å². The van der Waals surface area contributed by atoms with Crippen LogP contribution in [0.4, 0.5) is 14.5 Å². The summed E-state index contributed by atoms with van der Waals surface area (Å²) in [7, 11) is 0. The van der Waals surface area contributed by atoms with E-state index in [1.54, 1.807) is 11.3 Å². The molecule has 3 atom stereocenters. The zero-order chi connectivity index (χ0) is 19.0. The van der Waals surface area contributed by atoms with Crippen molar-refractivity contribution in [3.8, 4) is 6.07 Å². The minimum absolute atomic E-state index is 0.245. The molecule has 2 aliphatic rings. The second-order valence-corrected chi connectivity index (χ2v) is 8.33. The van der Waals surface area contributed by atoms with Gasteiger partial charge in [-0.3, -0.25) is 9.80 Å². The van der Waals surface area contributed by atoms with Crippen LogP contribution in [0.3, 0.4) is 0 Å². The number of hydrogen-bond donors (Lipinski definition) is 2. The first-order chi connectivity index (χ1) is 12.9. The van der Waals surface area contributed by atoms with Crippen molar-refractivity contribution >= 4 is 27.1 Å². The largest absolute Gasteiger partial charge is 0.380 e. The molecule has 144 valence electrons. The quantitative estimate of drug-likeness (QED) is 0.819. The molecule has 5 nitrogen and oxygen atoms in total. The van der Waals surface area contributed by atoms with Crippen molar-refractivity contribution < 1.29 is 13.9 Å². The molecule has 2 aromatic rings. The molecule has 2 N–H and O–H groups in total. The van der Waals surface area contributed by atoms with Crippen LogP contribution in [0.1, 0.15) is 12.8 Å². The second-order valence-electron chi connectivity index (χ2n) is 7.39. The molecule has 2 saturated heterocycles. The molecule has 2 aliphatic heterocycles. The number of nitriles is 1. The first-order valence-electron chi connectivity index (χ1n) is 9.11. The van der Waals surface area contributed by atoms with Crippen molar-refractivity contribution in [2.75, 3.05) is 31.5 Å². The number of alkyl halides is 2. The summed E-state index contributed by atoms with van der Waals surface area (Å²) in [5, 5.41) is 26.4. The number of hydrogen-bond acceptors (Lipinski definition) is 6. The van der Waals surface area contributed by atoms with E-state index in [1.165, 1.54) is 15.0 Å². The topological polar surface area (TPSA) is 62.5 Å². The van der Waals surface area contributed by atoms with E-state index >= 15 is 0 Å². The third-order valence-electron chi connectivity index (χ3n) is 5.39. The van der Waals surface area contributed by atoms with E-state index in [0.29, 0.717) is 0 Å². The van der Waals surface area contributed by atoms with Gasteiger partial charge in [0.25, 0.3) is 5.92 Å². The lowest BCUT2D eigenvalue weighted by Gasteiger charge is -2.29. The van der Waals surface area contributed by atoms with Crippen molar-refractivity contribution in [3.63, 3.8) is 0 Å². The zero-order valence-electron chi connectivity index (χ0n) is 14.8. The molecular formula is C19H22F2N4OS. The number of nitrogens with zero attached hydrogens (tertiary/aromatic N) is 3. The highest BCUT2D eigenvalue weighted by Gasteiger charge is 2.47. The van der Waals surface area contributed by atoms with Gasteiger partial charge in [-0.1, -0.05) is 6.07 Å². The summed E-state index contributed by atoms with van der Waals surface area (Å²) in [4.78, 5) is 3.30. The summed E-state index contributed by atoms with van der Waals surface area (Å²) < 4.78 is 28.4. The number of anilines is 1. The van der Waals surface area contributed by atoms with Gasteiger partial charge < -0.3 is 10.4 Å². The molecule has 0 radical (unpaired) electrons. The highest BCUT2D eigenvalue weighted by molar-refractivity contribution is 7.17. The van der Waals surface area contributed by atoms with Gasteiger partial charge in [0.15, 0.2) is 0 Å². The van der Waals surface area contributed by atoms with Gasteiger partial charge >= 0.3 is 0 Å². The number of nitrogens with one attached hydrogen (secondary N) is 1. The molecule has 0 aliphatic carbocycles. The Hall–Kier alpha value is -1.79. The number of aliphatic hydroxyl groups excluding tert-OH is 1. The van der Waals surface area contributed by atoms with E-state index in [2.05, 4.69) is 33.8 Å². The number of β-amino-alcohol motifs (C(OH)–C–C–N with tert-alkyl or cyclic N) is 1. The number of thiophene rings is 1. The third kappa shape index (κ3) is 3.92. The molecule has 1 aromatic carbocycles. The second kappa shape index (κ2) is 7.32. The summed E-state index contributed by atoms with van der Waals surface area (Å²) in [6.07, 6.45) is -0.636. The lowest BCUT2D eigenvalue weighted by atomic mass is 10.2. The Bertz CT molecular complexity index is 852. The number of rotatable bonds is 5. The first kappa shape index (κ1) is 18.6. The van der Waals surface area contributed by atoms with Gasteiger partial charge in [-0.2, -0.15) is 5.26 Å². The number of benzene rings is 1. The Morgan fingerprint density at radius 2 is 2.26 bits per heavy atom. The Morgan fingerprint density at radius 1 is 1.41 bits per heavy atom. The lowest BCUT2D eigenvalue weighted by molar-refractivity contribution is -0.0434. The van der Waals surface area contributed by atoms with Crippen LogP contribution in [0.2, 0.25) is 0 Å². The van der Waals surface area contributed by atoms with Gasteiger partial charge in [-0.15, -0.1) is 11.3 Å². The van der Waals surface area contributed by atoms with Crippen LogP contribution >= 0.6 is 11.3 Å². The monoisotopic (exact) mass is 392 g/mol. The molecule has 0 saturated carbocycles. The van der Waals surface area contributed by atoms with Crippen LogP contribution in [0.15, 0.2) is 29.6 Å². The molecule has 8 heteroatoms. The number of fused-ring (bicyclic) bond motifs is 1. The van der Waals surface area contributed by atoms with Crippen LogP contribution in [0.5, 0.6) is 0 Å². The highest BCUT2D eigenvalue weighted by Crippen LogP contribution is 2.33. The van der Waals surface area contributed by atoms with Gasteiger partial charge in [0, 0.05) is 47.9 Å². The minimum Gasteiger partial charge on any atom is -0.380 e. The Balaban J connectivity index is 1.35. The average Bonchev–Trinajstić information content (AvgIpc) is 3.33. The summed E-state index contributed by atoms with van der Waals surface area (Å²) in [5.74, 6) is -2.91. The standard InChI is InChI=1S/C19H22F2N4OS/c20-19(21)8-14(9-22)25(12-19)18(26)11-24-6-4-13(10-24)23-16-2-1-3-17-15(16)5-7-27-17/h1-3,5,7,13-14,18,23,26H,4,6,8,10-12H2/t13-,14-,18?/m0/s1. The number of aliphatic hydroxyl groups is 1. The maximum absolute atomic E-state index is 13.6. The van der Waals surface area contributed by atoms with Crippen LogP contribution < -0.4 is 5.32 Å². The normalized spacial score (nSPS) is 27.0. The predicted molar refractivity (Wildman–Crippen MR) is 102 cm³/mol. The van der Waals surface area contributed by atoms with Gasteiger partial charge in [0.2, 0.25) is 0 Å². The zero-order valence-corrected chi connectivity index (χ0v) is 15.6. The summed E-state index contributed by atoms with van der Waals surface area (Å²) in [6, 6.07) is 9.51. The van der Waals surface area contributed by atoms with E-state index in [0.717, 1.165) is 25.2 Å². The van der Waals surface area contributed by atoms with Crippen molar-refractivity contribution in [3.05, 3.63) is 29.6 Å². The molecule has 1 unspecified atom stereocenters. The molecule has 0 amide bonds. The fraction of sp³-hybridized carbons (Fsp3) is 0.526. The van der Waals surface area contributed by atoms with Crippen LogP contribution in [-0.4, -0.2) is 65.3 Å². The van der Waals surface area contributed by atoms with E-state index < -0.39 is 31.2 Å². The minimum atomic E-state index is -2.91. The Labute approximate surface area is 160 Å². The number of halogens is 2. The van der Waals surface area contributed by atoms with Crippen LogP contribution in [0, 0.1) is 11.3 Å². The van der Waals surface area contributed by atoms with E-state index in [1.807, 2.05) is 12.1 Å². The Morgan fingerprint density at radius 3 is 3.07 bits per heavy atom. The van der Waals surface area contributed by atoms with Gasteiger partial charge in [0.05, 0.1) is 12.6 Å². The van der Waals surface area contributed by atoms with Crippen molar-refractivity contribution in [2.45, 2.75) is 37.1 Å². The van der Waals surface area contributed by atoms with Crippen LogP contribution in [-0.2, 0) is 0 Å². The van der Waals surface area contributed by atoms with Crippen molar-refractivity contribution in [1.29, 1.82) is 5.26 Å².